The van der Waals surface area contributed by atoms with Crippen LogP contribution >= 0.6 is 34.0 Å². The topological polar surface area (TPSA) is 48.8 Å². The molecule has 22 heavy (non-hydrogen) atoms. The Labute approximate surface area is 141 Å². The summed E-state index contributed by atoms with van der Waals surface area (Å²) in [6.07, 6.45) is 3.09. The normalized spacial score (nSPS) is 10.5. The standard InChI is InChI=1S/C16H15N3S3/c17-19-18-10-2-1-4-12-6-7-15(21-12)16-9-8-14(22-16)13-5-3-11-20-13/h3,5-9,11H,1-2,4,10H2. The molecule has 3 aromatic heterocycles. The van der Waals surface area contributed by atoms with E-state index in [4.69, 9.17) is 5.53 Å². The largest absolute Gasteiger partial charge is 0.143 e. The molecule has 3 rings (SSSR count). The zero-order valence-corrected chi connectivity index (χ0v) is 14.4. The van der Waals surface area contributed by atoms with Crippen LogP contribution in [-0.4, -0.2) is 6.54 Å². The maximum atomic E-state index is 8.24. The molecule has 0 N–H and O–H groups in total. The summed E-state index contributed by atoms with van der Waals surface area (Å²) in [7, 11) is 0. The molecule has 0 unspecified atom stereocenters. The lowest BCUT2D eigenvalue weighted by molar-refractivity contribution is 0.748. The number of aryl methyl sites for hydroxylation is 1. The van der Waals surface area contributed by atoms with Crippen molar-refractivity contribution in [2.24, 2.45) is 5.11 Å². The van der Waals surface area contributed by atoms with Gasteiger partial charge in [0.2, 0.25) is 0 Å². The van der Waals surface area contributed by atoms with Crippen molar-refractivity contribution >= 4 is 34.0 Å². The maximum Gasteiger partial charge on any atom is 0.0449 e. The van der Waals surface area contributed by atoms with E-state index in [9.17, 15) is 0 Å². The summed E-state index contributed by atoms with van der Waals surface area (Å²) < 4.78 is 0. The van der Waals surface area contributed by atoms with Gasteiger partial charge in [-0.05, 0) is 60.5 Å². The van der Waals surface area contributed by atoms with E-state index in [0.717, 1.165) is 19.3 Å². The van der Waals surface area contributed by atoms with E-state index < -0.39 is 0 Å². The molecule has 0 aliphatic heterocycles. The van der Waals surface area contributed by atoms with Gasteiger partial charge in [0.05, 0.1) is 0 Å². The monoisotopic (exact) mass is 345 g/mol. The van der Waals surface area contributed by atoms with Crippen molar-refractivity contribution in [1.82, 2.24) is 0 Å². The van der Waals surface area contributed by atoms with E-state index in [2.05, 4.69) is 51.8 Å². The molecule has 0 atom stereocenters. The van der Waals surface area contributed by atoms with Crippen LogP contribution in [0.25, 0.3) is 30.0 Å². The highest BCUT2D eigenvalue weighted by Gasteiger charge is 2.08. The predicted molar refractivity (Wildman–Crippen MR) is 97.9 cm³/mol. The van der Waals surface area contributed by atoms with Gasteiger partial charge in [0.15, 0.2) is 0 Å². The first kappa shape index (κ1) is 15.3. The van der Waals surface area contributed by atoms with Gasteiger partial charge in [-0.25, -0.2) is 0 Å². The molecule has 0 bridgehead atoms. The lowest BCUT2D eigenvalue weighted by Crippen LogP contribution is -1.83. The van der Waals surface area contributed by atoms with E-state index in [1.807, 2.05) is 22.7 Å². The Balaban J connectivity index is 1.62. The van der Waals surface area contributed by atoms with Gasteiger partial charge in [0.25, 0.3) is 0 Å². The summed E-state index contributed by atoms with van der Waals surface area (Å²) in [5.41, 5.74) is 8.24. The van der Waals surface area contributed by atoms with Crippen molar-refractivity contribution in [3.8, 4) is 19.5 Å². The number of unbranched alkanes of at least 4 members (excludes halogenated alkanes) is 1. The molecule has 6 heteroatoms. The number of thiophene rings is 3. The molecule has 3 nitrogen and oxygen atoms in total. The molecule has 0 amide bonds. The number of hydrogen-bond donors (Lipinski definition) is 0. The Kier molecular flexibility index (Phi) is 5.29. The molecule has 0 aromatic carbocycles. The van der Waals surface area contributed by atoms with Gasteiger partial charge in [-0.3, -0.25) is 0 Å². The molecule has 0 spiro atoms. The van der Waals surface area contributed by atoms with Crippen LogP contribution < -0.4 is 0 Å². The number of nitrogens with zero attached hydrogens (tertiary/aromatic N) is 3. The van der Waals surface area contributed by atoms with Crippen molar-refractivity contribution in [2.45, 2.75) is 19.3 Å². The fourth-order valence-corrected chi connectivity index (χ4v) is 5.17. The Hall–Kier alpha value is -1.59. The minimum Gasteiger partial charge on any atom is -0.143 e. The number of hydrogen-bond acceptors (Lipinski definition) is 4. The van der Waals surface area contributed by atoms with Gasteiger partial charge in [-0.2, -0.15) is 0 Å². The van der Waals surface area contributed by atoms with Crippen LogP contribution in [0.1, 0.15) is 17.7 Å². The van der Waals surface area contributed by atoms with Gasteiger partial charge < -0.3 is 0 Å². The third-order valence-corrected chi connectivity index (χ3v) is 6.76. The first-order valence-corrected chi connectivity index (χ1v) is 9.62. The second-order valence-corrected chi connectivity index (χ2v) is 8.02. The number of rotatable bonds is 7. The summed E-state index contributed by atoms with van der Waals surface area (Å²) in [5, 5.41) is 5.69. The van der Waals surface area contributed by atoms with Crippen LogP contribution in [0.2, 0.25) is 0 Å². The highest BCUT2D eigenvalue weighted by molar-refractivity contribution is 7.26. The summed E-state index contributed by atoms with van der Waals surface area (Å²) in [4.78, 5) is 9.55. The smallest absolute Gasteiger partial charge is 0.0449 e. The van der Waals surface area contributed by atoms with E-state index in [1.54, 1.807) is 11.3 Å². The lowest BCUT2D eigenvalue weighted by Gasteiger charge is -1.95. The minimum atomic E-state index is 0.601. The molecule has 3 heterocycles. The quantitative estimate of drug-likeness (QED) is 0.195. The minimum absolute atomic E-state index is 0.601. The molecule has 0 aliphatic rings. The highest BCUT2D eigenvalue weighted by atomic mass is 32.1. The Morgan fingerprint density at radius 2 is 1.68 bits per heavy atom. The summed E-state index contributed by atoms with van der Waals surface area (Å²) >= 11 is 5.52. The fourth-order valence-electron chi connectivity index (χ4n) is 2.19. The van der Waals surface area contributed by atoms with Crippen LogP contribution in [0, 0.1) is 0 Å². The number of azide groups is 1. The van der Waals surface area contributed by atoms with Crippen molar-refractivity contribution in [1.29, 1.82) is 0 Å². The average molecular weight is 346 g/mol. The molecular formula is C16H15N3S3. The highest BCUT2D eigenvalue weighted by Crippen LogP contribution is 2.39. The molecule has 3 aromatic rings. The molecule has 0 saturated carbocycles. The molecule has 0 saturated heterocycles. The Morgan fingerprint density at radius 1 is 0.909 bits per heavy atom. The zero-order chi connectivity index (χ0) is 15.2. The predicted octanol–water partition coefficient (Wildman–Crippen LogP) is 6.84. The molecule has 0 fully saturated rings. The summed E-state index contributed by atoms with van der Waals surface area (Å²) in [6, 6.07) is 13.1. The van der Waals surface area contributed by atoms with Crippen LogP contribution in [0.3, 0.4) is 0 Å². The first-order valence-electron chi connectivity index (χ1n) is 7.10. The SMILES string of the molecule is [N-]=[N+]=NCCCCc1ccc(-c2ccc(-c3cccs3)s2)s1. The average Bonchev–Trinajstić information content (AvgIpc) is 3.26. The van der Waals surface area contributed by atoms with Crippen molar-refractivity contribution in [3.63, 3.8) is 0 Å². The van der Waals surface area contributed by atoms with E-state index in [1.165, 1.54) is 24.4 Å². The zero-order valence-electron chi connectivity index (χ0n) is 11.9. The summed E-state index contributed by atoms with van der Waals surface area (Å²) in [6.45, 7) is 0.601. The van der Waals surface area contributed by atoms with E-state index >= 15 is 0 Å². The van der Waals surface area contributed by atoms with Crippen LogP contribution in [0.5, 0.6) is 0 Å². The Bertz CT molecular complexity index is 764. The second kappa shape index (κ2) is 7.61. The van der Waals surface area contributed by atoms with Crippen molar-refractivity contribution in [2.75, 3.05) is 6.54 Å². The van der Waals surface area contributed by atoms with Gasteiger partial charge in [-0.1, -0.05) is 11.2 Å². The van der Waals surface area contributed by atoms with E-state index in [-0.39, 0.29) is 0 Å². The van der Waals surface area contributed by atoms with E-state index in [0.29, 0.717) is 6.54 Å². The van der Waals surface area contributed by atoms with Crippen LogP contribution in [0.4, 0.5) is 0 Å². The lowest BCUT2D eigenvalue weighted by atomic mass is 10.2. The van der Waals surface area contributed by atoms with Gasteiger partial charge in [0, 0.05) is 35.8 Å². The third kappa shape index (κ3) is 3.78. The van der Waals surface area contributed by atoms with Gasteiger partial charge in [0.1, 0.15) is 0 Å². The first-order chi connectivity index (χ1) is 10.9. The molecule has 0 radical (unpaired) electrons. The van der Waals surface area contributed by atoms with Crippen LogP contribution in [-0.2, 0) is 6.42 Å². The fraction of sp³-hybridized carbons (Fsp3) is 0.250. The van der Waals surface area contributed by atoms with Crippen LogP contribution in [0.15, 0.2) is 46.9 Å². The molecule has 0 aliphatic carbocycles. The van der Waals surface area contributed by atoms with Gasteiger partial charge >= 0.3 is 0 Å². The Morgan fingerprint density at radius 3 is 2.45 bits per heavy atom. The summed E-state index contributed by atoms with van der Waals surface area (Å²) in [5.74, 6) is 0. The van der Waals surface area contributed by atoms with Crippen molar-refractivity contribution in [3.05, 3.63) is 57.1 Å². The van der Waals surface area contributed by atoms with Gasteiger partial charge in [-0.15, -0.1) is 34.0 Å². The molecular weight excluding hydrogens is 330 g/mol. The maximum absolute atomic E-state index is 8.24. The van der Waals surface area contributed by atoms with Crippen molar-refractivity contribution < 1.29 is 0 Å². The second-order valence-electron chi connectivity index (χ2n) is 4.82. The third-order valence-electron chi connectivity index (χ3n) is 3.27. The molecule has 112 valence electrons.